The molecular formula is C14H17BO5. The van der Waals surface area contributed by atoms with Crippen molar-refractivity contribution in [1.82, 2.24) is 0 Å². The van der Waals surface area contributed by atoms with E-state index in [1.54, 1.807) is 19.2 Å². The lowest BCUT2D eigenvalue weighted by atomic mass is 9.76. The zero-order valence-corrected chi connectivity index (χ0v) is 11.7. The third-order valence-electron chi connectivity index (χ3n) is 3.05. The minimum Gasteiger partial charge on any atom is -0.496 e. The van der Waals surface area contributed by atoms with Gasteiger partial charge in [0.25, 0.3) is 0 Å². The van der Waals surface area contributed by atoms with E-state index in [0.29, 0.717) is 27.7 Å². The second-order valence-corrected chi connectivity index (χ2v) is 4.47. The summed E-state index contributed by atoms with van der Waals surface area (Å²) in [5, 5.41) is 20.4. The molecule has 0 bridgehead atoms. The zero-order chi connectivity index (χ0) is 14.7. The lowest BCUT2D eigenvalue weighted by Gasteiger charge is -2.15. The van der Waals surface area contributed by atoms with E-state index in [2.05, 4.69) is 0 Å². The van der Waals surface area contributed by atoms with Crippen LogP contribution in [0.1, 0.15) is 5.56 Å². The molecule has 20 heavy (non-hydrogen) atoms. The van der Waals surface area contributed by atoms with E-state index in [1.807, 2.05) is 19.1 Å². The Morgan fingerprint density at radius 3 is 2.45 bits per heavy atom. The number of rotatable bonds is 5. The molecule has 0 radical (unpaired) electrons. The van der Waals surface area contributed by atoms with E-state index < -0.39 is 7.12 Å². The molecule has 0 unspecified atom stereocenters. The summed E-state index contributed by atoms with van der Waals surface area (Å²) < 4.78 is 15.8. The fraction of sp³-hybridized carbons (Fsp3) is 0.286. The first kappa shape index (κ1) is 14.6. The van der Waals surface area contributed by atoms with Gasteiger partial charge in [-0.15, -0.1) is 0 Å². The van der Waals surface area contributed by atoms with Gasteiger partial charge in [-0.2, -0.15) is 0 Å². The van der Waals surface area contributed by atoms with Gasteiger partial charge in [0.2, 0.25) is 0 Å². The molecule has 0 aromatic heterocycles. The third-order valence-corrected chi connectivity index (χ3v) is 3.05. The third kappa shape index (κ3) is 2.72. The van der Waals surface area contributed by atoms with Crippen molar-refractivity contribution in [3.05, 3.63) is 29.8 Å². The standard InChI is InChI=1S/C14H17BO5/c1-9-6-10-11(15(16)17)4-5-12(20-8-18-2)14(10)13(7-9)19-3/h4-7,16-17H,8H2,1-3H3. The SMILES string of the molecule is COCOc1ccc(B(O)O)c2cc(C)cc(OC)c12. The number of ether oxygens (including phenoxy) is 3. The molecular weight excluding hydrogens is 259 g/mol. The molecule has 106 valence electrons. The van der Waals surface area contributed by atoms with Crippen LogP contribution < -0.4 is 14.9 Å². The predicted molar refractivity (Wildman–Crippen MR) is 77.6 cm³/mol. The van der Waals surface area contributed by atoms with E-state index in [-0.39, 0.29) is 6.79 Å². The van der Waals surface area contributed by atoms with Crippen LogP contribution in [0, 0.1) is 6.92 Å². The van der Waals surface area contributed by atoms with Crippen LogP contribution in [0.2, 0.25) is 0 Å². The first-order chi connectivity index (χ1) is 9.58. The highest BCUT2D eigenvalue weighted by Gasteiger charge is 2.19. The molecule has 0 saturated heterocycles. The molecule has 6 heteroatoms. The van der Waals surface area contributed by atoms with Gasteiger partial charge in [0, 0.05) is 7.11 Å². The minimum atomic E-state index is -1.56. The van der Waals surface area contributed by atoms with Gasteiger partial charge >= 0.3 is 7.12 Å². The first-order valence-corrected chi connectivity index (χ1v) is 6.17. The van der Waals surface area contributed by atoms with Gasteiger partial charge in [-0.1, -0.05) is 12.1 Å². The van der Waals surface area contributed by atoms with Crippen LogP contribution in [0.4, 0.5) is 0 Å². The van der Waals surface area contributed by atoms with Crippen molar-refractivity contribution >= 4 is 23.4 Å². The Morgan fingerprint density at radius 2 is 1.85 bits per heavy atom. The second kappa shape index (κ2) is 6.13. The maximum Gasteiger partial charge on any atom is 0.489 e. The maximum absolute atomic E-state index is 9.49. The highest BCUT2D eigenvalue weighted by molar-refractivity contribution is 6.62. The van der Waals surface area contributed by atoms with Crippen molar-refractivity contribution in [2.75, 3.05) is 21.0 Å². The van der Waals surface area contributed by atoms with Gasteiger partial charge in [-0.05, 0) is 35.5 Å². The molecule has 0 aliphatic rings. The Hall–Kier alpha value is -1.76. The summed E-state index contributed by atoms with van der Waals surface area (Å²) >= 11 is 0. The van der Waals surface area contributed by atoms with Gasteiger partial charge in [0.1, 0.15) is 11.5 Å². The van der Waals surface area contributed by atoms with Gasteiger partial charge in [-0.25, -0.2) is 0 Å². The molecule has 0 aliphatic carbocycles. The summed E-state index contributed by atoms with van der Waals surface area (Å²) in [6.07, 6.45) is 0. The molecule has 0 spiro atoms. The highest BCUT2D eigenvalue weighted by atomic mass is 16.7. The van der Waals surface area contributed by atoms with Crippen molar-refractivity contribution in [2.45, 2.75) is 6.92 Å². The smallest absolute Gasteiger partial charge is 0.489 e. The summed E-state index contributed by atoms with van der Waals surface area (Å²) in [4.78, 5) is 0. The quantitative estimate of drug-likeness (QED) is 0.625. The van der Waals surface area contributed by atoms with Crippen molar-refractivity contribution in [1.29, 1.82) is 0 Å². The number of aryl methyl sites for hydroxylation is 1. The molecule has 0 heterocycles. The zero-order valence-electron chi connectivity index (χ0n) is 11.7. The van der Waals surface area contributed by atoms with E-state index in [0.717, 1.165) is 5.56 Å². The van der Waals surface area contributed by atoms with Crippen molar-refractivity contribution in [3.8, 4) is 11.5 Å². The summed E-state index contributed by atoms with van der Waals surface area (Å²) in [5.74, 6) is 1.19. The second-order valence-electron chi connectivity index (χ2n) is 4.47. The Balaban J connectivity index is 2.74. The molecule has 0 amide bonds. The van der Waals surface area contributed by atoms with Crippen molar-refractivity contribution < 1.29 is 24.3 Å². The van der Waals surface area contributed by atoms with Crippen LogP contribution in [0.3, 0.4) is 0 Å². The average Bonchev–Trinajstić information content (AvgIpc) is 2.43. The Kier molecular flexibility index (Phi) is 4.49. The lowest BCUT2D eigenvalue weighted by Crippen LogP contribution is -2.30. The highest BCUT2D eigenvalue weighted by Crippen LogP contribution is 2.34. The minimum absolute atomic E-state index is 0.104. The monoisotopic (exact) mass is 276 g/mol. The van der Waals surface area contributed by atoms with E-state index in [1.165, 1.54) is 7.11 Å². The van der Waals surface area contributed by atoms with Crippen molar-refractivity contribution in [3.63, 3.8) is 0 Å². The van der Waals surface area contributed by atoms with Gasteiger partial charge in [0.15, 0.2) is 6.79 Å². The molecule has 0 saturated carbocycles. The first-order valence-electron chi connectivity index (χ1n) is 6.17. The van der Waals surface area contributed by atoms with Gasteiger partial charge in [-0.3, -0.25) is 0 Å². The fourth-order valence-electron chi connectivity index (χ4n) is 2.20. The van der Waals surface area contributed by atoms with Crippen LogP contribution >= 0.6 is 0 Å². The fourth-order valence-corrected chi connectivity index (χ4v) is 2.20. The maximum atomic E-state index is 9.49. The molecule has 2 aromatic carbocycles. The molecule has 2 rings (SSSR count). The van der Waals surface area contributed by atoms with E-state index in [9.17, 15) is 10.0 Å². The average molecular weight is 276 g/mol. The Labute approximate surface area is 117 Å². The van der Waals surface area contributed by atoms with Crippen LogP contribution in [0.25, 0.3) is 10.8 Å². The van der Waals surface area contributed by atoms with Crippen LogP contribution in [-0.4, -0.2) is 38.2 Å². The summed E-state index contributed by atoms with van der Waals surface area (Å²) in [6, 6.07) is 7.03. The Morgan fingerprint density at radius 1 is 1.10 bits per heavy atom. The molecule has 5 nitrogen and oxygen atoms in total. The molecule has 2 N–H and O–H groups in total. The molecule has 2 aromatic rings. The van der Waals surface area contributed by atoms with E-state index >= 15 is 0 Å². The molecule has 0 atom stereocenters. The number of benzene rings is 2. The summed E-state index contributed by atoms with van der Waals surface area (Å²) in [5.41, 5.74) is 1.37. The lowest BCUT2D eigenvalue weighted by molar-refractivity contribution is 0.0522. The summed E-state index contributed by atoms with van der Waals surface area (Å²) in [6.45, 7) is 2.02. The predicted octanol–water partition coefficient (Wildman–Crippen LogP) is 0.819. The van der Waals surface area contributed by atoms with Crippen LogP contribution in [-0.2, 0) is 4.74 Å². The number of methoxy groups -OCH3 is 2. The normalized spacial score (nSPS) is 10.7. The van der Waals surface area contributed by atoms with Gasteiger partial charge < -0.3 is 24.3 Å². The Bertz CT molecular complexity index is 612. The van der Waals surface area contributed by atoms with Gasteiger partial charge in [0.05, 0.1) is 12.5 Å². The topological polar surface area (TPSA) is 68.2 Å². The molecule has 0 fully saturated rings. The largest absolute Gasteiger partial charge is 0.496 e. The number of hydrogen-bond donors (Lipinski definition) is 2. The number of fused-ring (bicyclic) bond motifs is 1. The van der Waals surface area contributed by atoms with E-state index in [4.69, 9.17) is 14.2 Å². The molecule has 0 aliphatic heterocycles. The van der Waals surface area contributed by atoms with Crippen LogP contribution in [0.15, 0.2) is 24.3 Å². The number of hydrogen-bond acceptors (Lipinski definition) is 5. The summed E-state index contributed by atoms with van der Waals surface area (Å²) in [7, 11) is 1.55. The van der Waals surface area contributed by atoms with Crippen molar-refractivity contribution in [2.24, 2.45) is 0 Å². The van der Waals surface area contributed by atoms with Crippen LogP contribution in [0.5, 0.6) is 11.5 Å².